The number of benzene rings is 1. The molecule has 0 saturated heterocycles. The van der Waals surface area contributed by atoms with Crippen molar-refractivity contribution in [3.05, 3.63) is 41.3 Å². The van der Waals surface area contributed by atoms with Crippen LogP contribution in [0.1, 0.15) is 51.5 Å². The maximum atomic E-state index is 13.2. The summed E-state index contributed by atoms with van der Waals surface area (Å²) in [6.07, 6.45) is 1.33. The van der Waals surface area contributed by atoms with Gasteiger partial charge in [0, 0.05) is 6.54 Å². The Labute approximate surface area is 180 Å². The van der Waals surface area contributed by atoms with Crippen molar-refractivity contribution >= 4 is 22.4 Å². The van der Waals surface area contributed by atoms with E-state index < -0.39 is 11.7 Å². The van der Waals surface area contributed by atoms with Gasteiger partial charge < -0.3 is 9.47 Å². The molecule has 164 valence electrons. The molecular formula is C23H30F3N3S. The van der Waals surface area contributed by atoms with Gasteiger partial charge in [-0.2, -0.15) is 13.2 Å². The minimum atomic E-state index is -4.36. The van der Waals surface area contributed by atoms with Crippen LogP contribution in [0.5, 0.6) is 0 Å². The molecule has 3 nitrogen and oxygen atoms in total. The zero-order valence-corrected chi connectivity index (χ0v) is 18.5. The number of unbranched alkanes of at least 4 members (excludes halogenated alkanes) is 2. The molecule has 7 heteroatoms. The highest BCUT2D eigenvalue weighted by Gasteiger charge is 2.31. The molecule has 0 unspecified atom stereocenters. The van der Waals surface area contributed by atoms with Gasteiger partial charge >= 0.3 is 6.18 Å². The zero-order chi connectivity index (χ0) is 21.6. The fraction of sp³-hybridized carbons (Fsp3) is 0.522. The number of rotatable bonds is 11. The average Bonchev–Trinajstić information content (AvgIpc) is 3.36. The number of imidazole rings is 1. The van der Waals surface area contributed by atoms with E-state index in [0.29, 0.717) is 5.52 Å². The Balaban J connectivity index is 1.83. The Kier molecular flexibility index (Phi) is 7.94. The molecule has 0 amide bonds. The molecule has 0 fully saturated rings. The van der Waals surface area contributed by atoms with Gasteiger partial charge in [-0.25, -0.2) is 4.98 Å². The summed E-state index contributed by atoms with van der Waals surface area (Å²) >= 11 is 1.56. The molecule has 0 atom stereocenters. The largest absolute Gasteiger partial charge is 0.416 e. The van der Waals surface area contributed by atoms with Gasteiger partial charge in [0.15, 0.2) is 5.82 Å². The SMILES string of the molecule is CCCCN(CCCC)CCCn1c(-c2cccs2)nc2cc(C(F)(F)F)ccc21. The zero-order valence-electron chi connectivity index (χ0n) is 17.7. The van der Waals surface area contributed by atoms with E-state index in [-0.39, 0.29) is 0 Å². The third kappa shape index (κ3) is 5.64. The third-order valence-corrected chi connectivity index (χ3v) is 6.19. The number of fused-ring (bicyclic) bond motifs is 1. The maximum absolute atomic E-state index is 13.2. The van der Waals surface area contributed by atoms with E-state index in [1.165, 1.54) is 25.7 Å². The number of aryl methyl sites for hydroxylation is 1. The summed E-state index contributed by atoms with van der Waals surface area (Å²) in [6, 6.07) is 7.81. The van der Waals surface area contributed by atoms with Crippen molar-refractivity contribution < 1.29 is 13.2 Å². The number of thiophene rings is 1. The normalized spacial score (nSPS) is 12.3. The van der Waals surface area contributed by atoms with Crippen molar-refractivity contribution in [1.29, 1.82) is 0 Å². The lowest BCUT2D eigenvalue weighted by Gasteiger charge is -2.22. The Bertz CT molecular complexity index is 908. The topological polar surface area (TPSA) is 21.1 Å². The predicted molar refractivity (Wildman–Crippen MR) is 119 cm³/mol. The van der Waals surface area contributed by atoms with Gasteiger partial charge in [-0.15, -0.1) is 11.3 Å². The molecule has 0 spiro atoms. The van der Waals surface area contributed by atoms with Crippen molar-refractivity contribution in [1.82, 2.24) is 14.5 Å². The van der Waals surface area contributed by atoms with Crippen LogP contribution < -0.4 is 0 Å². The molecule has 0 bridgehead atoms. The number of aromatic nitrogens is 2. The predicted octanol–water partition coefficient (Wildman–Crippen LogP) is 7.08. The van der Waals surface area contributed by atoms with Crippen LogP contribution in [0.25, 0.3) is 21.7 Å². The fourth-order valence-electron chi connectivity index (χ4n) is 3.68. The van der Waals surface area contributed by atoms with Gasteiger partial charge in [-0.3, -0.25) is 0 Å². The summed E-state index contributed by atoms with van der Waals surface area (Å²) in [4.78, 5) is 8.08. The van der Waals surface area contributed by atoms with E-state index >= 15 is 0 Å². The molecular weight excluding hydrogens is 407 g/mol. The van der Waals surface area contributed by atoms with Crippen molar-refractivity contribution in [2.45, 2.75) is 58.7 Å². The van der Waals surface area contributed by atoms with Crippen LogP contribution >= 0.6 is 11.3 Å². The molecule has 30 heavy (non-hydrogen) atoms. The van der Waals surface area contributed by atoms with Gasteiger partial charge in [0.25, 0.3) is 0 Å². The van der Waals surface area contributed by atoms with Gasteiger partial charge in [-0.05, 0) is 68.5 Å². The summed E-state index contributed by atoms with van der Waals surface area (Å²) in [6.45, 7) is 8.35. The number of alkyl halides is 3. The number of nitrogens with zero attached hydrogens (tertiary/aromatic N) is 3. The quantitative estimate of drug-likeness (QED) is 0.320. The van der Waals surface area contributed by atoms with Crippen LogP contribution in [0.15, 0.2) is 35.7 Å². The van der Waals surface area contributed by atoms with Gasteiger partial charge in [0.2, 0.25) is 0 Å². The Morgan fingerprint density at radius 1 is 1.00 bits per heavy atom. The first-order valence-corrected chi connectivity index (χ1v) is 11.7. The number of halogens is 3. The average molecular weight is 438 g/mol. The Morgan fingerprint density at radius 2 is 1.70 bits per heavy atom. The molecule has 1 aromatic carbocycles. The second kappa shape index (κ2) is 10.4. The van der Waals surface area contributed by atoms with E-state index in [9.17, 15) is 13.2 Å². The lowest BCUT2D eigenvalue weighted by atomic mass is 10.2. The lowest BCUT2D eigenvalue weighted by molar-refractivity contribution is -0.137. The summed E-state index contributed by atoms with van der Waals surface area (Å²) in [5.41, 5.74) is 0.518. The standard InChI is InChI=1S/C23H30F3N3S/c1-3-5-12-28(13-6-4-2)14-8-15-29-20-11-10-18(23(24,25)26)17-19(20)27-22(29)21-9-7-16-30-21/h7,9-11,16-17H,3-6,8,12-15H2,1-2H3. The minimum Gasteiger partial charge on any atom is -0.323 e. The highest BCUT2D eigenvalue weighted by atomic mass is 32.1. The molecule has 0 aliphatic heterocycles. The minimum absolute atomic E-state index is 0.405. The van der Waals surface area contributed by atoms with Crippen molar-refractivity contribution in [3.8, 4) is 10.7 Å². The first kappa shape index (κ1) is 22.8. The number of hydrogen-bond donors (Lipinski definition) is 0. The number of hydrogen-bond acceptors (Lipinski definition) is 3. The van der Waals surface area contributed by atoms with Crippen LogP contribution in [-0.2, 0) is 12.7 Å². The van der Waals surface area contributed by atoms with E-state index in [0.717, 1.165) is 61.0 Å². The van der Waals surface area contributed by atoms with Crippen molar-refractivity contribution in [2.75, 3.05) is 19.6 Å². The lowest BCUT2D eigenvalue weighted by Crippen LogP contribution is -2.28. The molecule has 2 heterocycles. The van der Waals surface area contributed by atoms with E-state index in [1.807, 2.05) is 17.5 Å². The summed E-state index contributed by atoms with van der Waals surface area (Å²) in [7, 11) is 0. The van der Waals surface area contributed by atoms with E-state index in [1.54, 1.807) is 17.4 Å². The Morgan fingerprint density at radius 3 is 2.30 bits per heavy atom. The second-order valence-electron chi connectivity index (χ2n) is 7.67. The fourth-order valence-corrected chi connectivity index (χ4v) is 4.40. The second-order valence-corrected chi connectivity index (χ2v) is 8.62. The molecule has 2 aromatic heterocycles. The highest BCUT2D eigenvalue weighted by Crippen LogP contribution is 2.34. The van der Waals surface area contributed by atoms with Crippen LogP contribution in [-0.4, -0.2) is 34.1 Å². The Hall–Kier alpha value is -1.86. The molecule has 0 aliphatic rings. The molecule has 0 radical (unpaired) electrons. The van der Waals surface area contributed by atoms with Crippen molar-refractivity contribution in [3.63, 3.8) is 0 Å². The van der Waals surface area contributed by atoms with Crippen LogP contribution in [0.2, 0.25) is 0 Å². The summed E-state index contributed by atoms with van der Waals surface area (Å²) in [5.74, 6) is 0.757. The highest BCUT2D eigenvalue weighted by molar-refractivity contribution is 7.13. The molecule has 0 N–H and O–H groups in total. The van der Waals surface area contributed by atoms with Crippen LogP contribution in [0.4, 0.5) is 13.2 Å². The van der Waals surface area contributed by atoms with E-state index in [2.05, 4.69) is 28.3 Å². The molecule has 0 saturated carbocycles. The van der Waals surface area contributed by atoms with Crippen LogP contribution in [0, 0.1) is 0 Å². The smallest absolute Gasteiger partial charge is 0.323 e. The van der Waals surface area contributed by atoms with Crippen molar-refractivity contribution in [2.24, 2.45) is 0 Å². The van der Waals surface area contributed by atoms with Gasteiger partial charge in [0.1, 0.15) is 0 Å². The molecule has 0 aliphatic carbocycles. The van der Waals surface area contributed by atoms with Gasteiger partial charge in [-0.1, -0.05) is 32.8 Å². The monoisotopic (exact) mass is 437 g/mol. The first-order chi connectivity index (χ1) is 14.4. The maximum Gasteiger partial charge on any atom is 0.416 e. The first-order valence-electron chi connectivity index (χ1n) is 10.8. The third-order valence-electron chi connectivity index (χ3n) is 5.33. The summed E-state index contributed by atoms with van der Waals surface area (Å²) in [5, 5.41) is 1.97. The van der Waals surface area contributed by atoms with Crippen LogP contribution in [0.3, 0.4) is 0 Å². The van der Waals surface area contributed by atoms with Gasteiger partial charge in [0.05, 0.1) is 21.5 Å². The molecule has 3 rings (SSSR count). The summed E-state index contributed by atoms with van der Waals surface area (Å²) < 4.78 is 41.5. The van der Waals surface area contributed by atoms with E-state index in [4.69, 9.17) is 0 Å². The molecule has 3 aromatic rings.